The van der Waals surface area contributed by atoms with Gasteiger partial charge in [0, 0.05) is 0 Å². The van der Waals surface area contributed by atoms with Crippen LogP contribution in [-0.4, -0.2) is 18.2 Å². The van der Waals surface area contributed by atoms with Gasteiger partial charge in [0.25, 0.3) is 0 Å². The van der Waals surface area contributed by atoms with Gasteiger partial charge in [-0.05, 0) is 66.3 Å². The molecular weight excluding hydrogens is 437 g/mol. The van der Waals surface area contributed by atoms with Crippen molar-refractivity contribution >= 4 is 0 Å². The lowest BCUT2D eigenvalue weighted by Crippen LogP contribution is -2.55. The summed E-state index contributed by atoms with van der Waals surface area (Å²) in [6.07, 6.45) is -4.96. The van der Waals surface area contributed by atoms with Crippen molar-refractivity contribution in [2.24, 2.45) is 5.92 Å². The highest BCUT2D eigenvalue weighted by Crippen LogP contribution is 2.47. The monoisotopic (exact) mass is 462 g/mol. The van der Waals surface area contributed by atoms with Crippen molar-refractivity contribution in [3.05, 3.63) is 54.1 Å². The van der Waals surface area contributed by atoms with E-state index in [4.69, 9.17) is 0 Å². The summed E-state index contributed by atoms with van der Waals surface area (Å²) >= 11 is 0. The van der Waals surface area contributed by atoms with Gasteiger partial charge < -0.3 is 4.74 Å². The molecule has 3 rings (SSSR count). The molecule has 0 spiro atoms. The first kappa shape index (κ1) is 24.4. The van der Waals surface area contributed by atoms with Gasteiger partial charge >= 0.3 is 18.2 Å². The zero-order chi connectivity index (χ0) is 23.6. The minimum atomic E-state index is -6.44. The van der Waals surface area contributed by atoms with Crippen LogP contribution in [0.15, 0.2) is 48.5 Å². The number of benzene rings is 2. The number of rotatable bonds is 7. The number of ether oxygens (including phenoxy) is 1. The lowest BCUT2D eigenvalue weighted by molar-refractivity contribution is -0.402. The van der Waals surface area contributed by atoms with E-state index in [0.29, 0.717) is 11.5 Å². The molecule has 0 amide bonds. The van der Waals surface area contributed by atoms with Crippen molar-refractivity contribution < 1.29 is 35.5 Å². The summed E-state index contributed by atoms with van der Waals surface area (Å²) in [5.74, 6) is -5.79. The van der Waals surface area contributed by atoms with Gasteiger partial charge in [-0.2, -0.15) is 30.7 Å². The Morgan fingerprint density at radius 2 is 1.25 bits per heavy atom. The van der Waals surface area contributed by atoms with E-state index in [9.17, 15) is 30.7 Å². The lowest BCUT2D eigenvalue weighted by atomic mass is 9.77. The summed E-state index contributed by atoms with van der Waals surface area (Å²) in [4.78, 5) is 0. The van der Waals surface area contributed by atoms with Crippen LogP contribution in [0.3, 0.4) is 0 Å². The van der Waals surface area contributed by atoms with Crippen LogP contribution in [0, 0.1) is 5.92 Å². The first-order chi connectivity index (χ1) is 14.9. The van der Waals surface area contributed by atoms with E-state index >= 15 is 0 Å². The fourth-order valence-electron chi connectivity index (χ4n) is 4.23. The van der Waals surface area contributed by atoms with Crippen molar-refractivity contribution in [2.45, 2.75) is 69.6 Å². The summed E-state index contributed by atoms with van der Waals surface area (Å²) in [5, 5.41) is 0. The molecule has 0 saturated heterocycles. The van der Waals surface area contributed by atoms with Gasteiger partial charge in [-0.15, -0.1) is 0 Å². The van der Waals surface area contributed by atoms with Gasteiger partial charge in [0.1, 0.15) is 5.75 Å². The first-order valence-corrected chi connectivity index (χ1v) is 10.7. The van der Waals surface area contributed by atoms with Gasteiger partial charge in [-0.25, -0.2) is 0 Å². The Balaban J connectivity index is 1.65. The molecule has 32 heavy (non-hydrogen) atoms. The predicted molar refractivity (Wildman–Crippen MR) is 108 cm³/mol. The second-order valence-electron chi connectivity index (χ2n) is 8.34. The van der Waals surface area contributed by atoms with Crippen LogP contribution in [0.5, 0.6) is 5.75 Å². The van der Waals surface area contributed by atoms with Gasteiger partial charge in [0.2, 0.25) is 0 Å². The van der Waals surface area contributed by atoms with Crippen molar-refractivity contribution in [3.63, 3.8) is 0 Å². The van der Waals surface area contributed by atoms with Crippen LogP contribution in [0.2, 0.25) is 0 Å². The number of alkyl halides is 7. The summed E-state index contributed by atoms with van der Waals surface area (Å²) in [7, 11) is 0. The Morgan fingerprint density at radius 3 is 1.72 bits per heavy atom. The SMILES string of the molecule is CCCC1CCC(c2ccc(-c3ccc(OC(F)(F)C(F)(F)C(F)(F)F)cc3)cc2)CC1. The van der Waals surface area contributed by atoms with E-state index in [1.165, 1.54) is 43.4 Å². The first-order valence-electron chi connectivity index (χ1n) is 10.7. The third-order valence-corrected chi connectivity index (χ3v) is 6.08. The van der Waals surface area contributed by atoms with E-state index in [1.807, 2.05) is 24.3 Å². The Hall–Kier alpha value is -2.25. The highest BCUT2D eigenvalue weighted by molar-refractivity contribution is 5.64. The molecule has 1 aliphatic rings. The molecule has 0 atom stereocenters. The second-order valence-corrected chi connectivity index (χ2v) is 8.34. The maximum absolute atomic E-state index is 13.4. The van der Waals surface area contributed by atoms with Gasteiger partial charge in [-0.1, -0.05) is 56.2 Å². The minimum absolute atomic E-state index is 0.505. The van der Waals surface area contributed by atoms with E-state index in [-0.39, 0.29) is 0 Å². The summed E-state index contributed by atoms with van der Waals surface area (Å²) in [6, 6.07) is 12.4. The topological polar surface area (TPSA) is 9.23 Å². The normalized spacial score (nSPS) is 20.2. The third-order valence-electron chi connectivity index (χ3n) is 6.08. The average molecular weight is 462 g/mol. The van der Waals surface area contributed by atoms with Crippen LogP contribution in [-0.2, 0) is 0 Å². The van der Waals surface area contributed by atoms with Crippen LogP contribution in [0.1, 0.15) is 56.9 Å². The zero-order valence-corrected chi connectivity index (χ0v) is 17.6. The van der Waals surface area contributed by atoms with Crippen molar-refractivity contribution in [1.29, 1.82) is 0 Å². The van der Waals surface area contributed by atoms with Crippen molar-refractivity contribution in [1.82, 2.24) is 0 Å². The second kappa shape index (κ2) is 9.32. The van der Waals surface area contributed by atoms with E-state index < -0.39 is 24.0 Å². The van der Waals surface area contributed by atoms with Gasteiger partial charge in [-0.3, -0.25) is 0 Å². The van der Waals surface area contributed by atoms with Crippen LogP contribution in [0.25, 0.3) is 11.1 Å². The Kier molecular flexibility index (Phi) is 7.10. The molecule has 0 N–H and O–H groups in total. The molecule has 1 fully saturated rings. The highest BCUT2D eigenvalue weighted by atomic mass is 19.4. The molecule has 0 unspecified atom stereocenters. The maximum Gasteiger partial charge on any atom is 0.474 e. The van der Waals surface area contributed by atoms with Crippen LogP contribution >= 0.6 is 0 Å². The largest absolute Gasteiger partial charge is 0.474 e. The molecule has 1 nitrogen and oxygen atoms in total. The van der Waals surface area contributed by atoms with Gasteiger partial charge in [0.05, 0.1) is 0 Å². The van der Waals surface area contributed by atoms with Crippen molar-refractivity contribution in [3.8, 4) is 16.9 Å². The summed E-state index contributed by atoms with van der Waals surface area (Å²) in [6.45, 7) is 2.20. The Bertz CT molecular complexity index is 865. The average Bonchev–Trinajstić information content (AvgIpc) is 2.74. The molecule has 0 aliphatic heterocycles. The van der Waals surface area contributed by atoms with E-state index in [0.717, 1.165) is 36.5 Å². The summed E-state index contributed by atoms with van der Waals surface area (Å²) in [5.41, 5.74) is 2.60. The number of hydrogen-bond acceptors (Lipinski definition) is 1. The van der Waals surface area contributed by atoms with Gasteiger partial charge in [0.15, 0.2) is 0 Å². The fraction of sp³-hybridized carbons (Fsp3) is 0.500. The lowest BCUT2D eigenvalue weighted by Gasteiger charge is -2.28. The molecule has 8 heteroatoms. The standard InChI is InChI=1S/C24H25F7O/c1-2-3-16-4-6-17(7-5-16)18-8-10-19(11-9-18)20-12-14-21(15-13-20)32-24(30,31)22(25,26)23(27,28)29/h8-17H,2-7H2,1H3. The fourth-order valence-corrected chi connectivity index (χ4v) is 4.23. The molecule has 0 radical (unpaired) electrons. The quantitative estimate of drug-likeness (QED) is 0.374. The molecule has 176 valence electrons. The molecular formula is C24H25F7O. The van der Waals surface area contributed by atoms with E-state index in [2.05, 4.69) is 11.7 Å². The highest BCUT2D eigenvalue weighted by Gasteiger charge is 2.75. The zero-order valence-electron chi connectivity index (χ0n) is 17.6. The molecule has 1 saturated carbocycles. The summed E-state index contributed by atoms with van der Waals surface area (Å²) < 4.78 is 93.2. The molecule has 2 aromatic rings. The predicted octanol–water partition coefficient (Wildman–Crippen LogP) is 8.60. The van der Waals surface area contributed by atoms with Crippen LogP contribution in [0.4, 0.5) is 30.7 Å². The number of halogens is 7. The number of hydrogen-bond donors (Lipinski definition) is 0. The smallest absolute Gasteiger partial charge is 0.428 e. The molecule has 0 heterocycles. The molecule has 0 aromatic heterocycles. The minimum Gasteiger partial charge on any atom is -0.428 e. The Labute approximate surface area is 182 Å². The molecule has 0 bridgehead atoms. The third kappa shape index (κ3) is 5.21. The molecule has 1 aliphatic carbocycles. The Morgan fingerprint density at radius 1 is 0.750 bits per heavy atom. The van der Waals surface area contributed by atoms with Crippen LogP contribution < -0.4 is 4.74 Å². The van der Waals surface area contributed by atoms with Crippen molar-refractivity contribution in [2.75, 3.05) is 0 Å². The molecule has 2 aromatic carbocycles. The van der Waals surface area contributed by atoms with E-state index in [1.54, 1.807) is 0 Å². The maximum atomic E-state index is 13.4.